The highest BCUT2D eigenvalue weighted by molar-refractivity contribution is 5.89. The molecule has 3 aliphatic carbocycles. The highest BCUT2D eigenvalue weighted by atomic mass is 15.1. The Bertz CT molecular complexity index is 3260. The van der Waals surface area contributed by atoms with Crippen LogP contribution in [0.2, 0.25) is 0 Å². The zero-order valence-corrected chi connectivity index (χ0v) is 37.2. The molecule has 0 aromatic heterocycles. The molecule has 1 nitrogen and oxygen atoms in total. The van der Waals surface area contributed by atoms with Gasteiger partial charge >= 0.3 is 0 Å². The van der Waals surface area contributed by atoms with E-state index in [0.717, 1.165) is 47.3 Å². The summed E-state index contributed by atoms with van der Waals surface area (Å²) in [6.07, 6.45) is 25.2. The number of hydrogen-bond donors (Lipinski definition) is 0. The first kappa shape index (κ1) is 40.8. The summed E-state index contributed by atoms with van der Waals surface area (Å²) in [5.41, 5.74) is 19.3. The van der Waals surface area contributed by atoms with Crippen molar-refractivity contribution in [1.82, 2.24) is 0 Å². The largest absolute Gasteiger partial charge is 0.317 e. The van der Waals surface area contributed by atoms with Crippen LogP contribution in [0.5, 0.6) is 0 Å². The maximum atomic E-state index is 4.37. The first-order valence-electron chi connectivity index (χ1n) is 23.2. The van der Waals surface area contributed by atoms with Crippen LogP contribution in [0.1, 0.15) is 68.0 Å². The van der Waals surface area contributed by atoms with Gasteiger partial charge < -0.3 is 4.90 Å². The van der Waals surface area contributed by atoms with E-state index in [4.69, 9.17) is 0 Å². The Morgan fingerprint density at radius 2 is 1.21 bits per heavy atom. The van der Waals surface area contributed by atoms with Crippen LogP contribution in [0.25, 0.3) is 40.1 Å². The van der Waals surface area contributed by atoms with E-state index in [2.05, 4.69) is 249 Å². The topological polar surface area (TPSA) is 3.24 Å². The van der Waals surface area contributed by atoms with Gasteiger partial charge in [0.2, 0.25) is 0 Å². The monoisotopic (exact) mass is 845 g/mol. The summed E-state index contributed by atoms with van der Waals surface area (Å²) in [4.78, 5) is 2.31. The van der Waals surface area contributed by atoms with Crippen LogP contribution in [0.4, 0.5) is 11.4 Å². The average molecular weight is 846 g/mol. The molecule has 1 unspecified atom stereocenters. The van der Waals surface area contributed by atoms with Crippen molar-refractivity contribution in [3.63, 3.8) is 0 Å². The number of allylic oxidation sites excluding steroid dienone is 8. The summed E-state index contributed by atoms with van der Waals surface area (Å²) >= 11 is 0. The third-order valence-corrected chi connectivity index (χ3v) is 13.9. The van der Waals surface area contributed by atoms with Crippen LogP contribution in [0, 0.1) is 0 Å². The Labute approximate surface area is 389 Å². The predicted octanol–water partition coefficient (Wildman–Crippen LogP) is 16.5. The van der Waals surface area contributed by atoms with E-state index in [0.29, 0.717) is 5.92 Å². The molecule has 66 heavy (non-hydrogen) atoms. The maximum Gasteiger partial charge on any atom is 0.0713 e. The molecule has 0 N–H and O–H groups in total. The average Bonchev–Trinajstić information content (AvgIpc) is 3.68. The molecule has 8 aromatic rings. The van der Waals surface area contributed by atoms with Crippen LogP contribution in [-0.4, -0.2) is 0 Å². The molecule has 0 amide bonds. The number of fused-ring (bicyclic) bond motifs is 7. The van der Waals surface area contributed by atoms with Gasteiger partial charge in [0, 0.05) is 23.5 Å². The van der Waals surface area contributed by atoms with E-state index in [1.54, 1.807) is 0 Å². The van der Waals surface area contributed by atoms with Gasteiger partial charge in [-0.3, -0.25) is 0 Å². The Balaban J connectivity index is 0.938. The third-order valence-electron chi connectivity index (χ3n) is 13.9. The SMILES string of the molecule is C=C(/C=C\C=C\N(c1ccc(C2C=Cc3ccc4c(c3C2)CCC=C4)cc1)c1ccc2c(c1)-c1ccccc1C2(c1ccccc1)c1ccccc1)C(=C)/C=C\c1ccc2ccccc2c1. The van der Waals surface area contributed by atoms with Crippen LogP contribution >= 0.6 is 0 Å². The molecule has 0 saturated heterocycles. The minimum atomic E-state index is -0.453. The van der Waals surface area contributed by atoms with E-state index in [1.165, 1.54) is 72.0 Å². The molecule has 1 heteroatoms. The van der Waals surface area contributed by atoms with Crippen LogP contribution < -0.4 is 4.90 Å². The Hall–Kier alpha value is -8.00. The lowest BCUT2D eigenvalue weighted by Gasteiger charge is -2.34. The number of anilines is 2. The molecule has 0 radical (unpaired) electrons. The second-order valence-corrected chi connectivity index (χ2v) is 17.7. The highest BCUT2D eigenvalue weighted by Gasteiger charge is 2.46. The first-order valence-corrected chi connectivity index (χ1v) is 23.2. The van der Waals surface area contributed by atoms with Crippen molar-refractivity contribution in [1.29, 1.82) is 0 Å². The standard InChI is InChI=1S/C65H51N/c1-46(47(2)28-29-48-30-31-49-18-9-10-20-53(49)43-48)17-15-16-42-66(57-38-36-50(37-39-57)54-35-34-52-33-32-51-19-11-12-25-59(51)61(52)44-54)58-40-41-64-62(45-58)60-26-13-14-27-63(60)65(64,55-21-5-3-6-22-55)56-23-7-4-8-24-56/h3-11,13-24,26-43,45,54H,1-2,12,25,44H2/b17-15-,29-28-,42-16+. The van der Waals surface area contributed by atoms with Gasteiger partial charge in [-0.25, -0.2) is 0 Å². The smallest absolute Gasteiger partial charge is 0.0713 e. The van der Waals surface area contributed by atoms with Crippen LogP contribution in [-0.2, 0) is 18.3 Å². The van der Waals surface area contributed by atoms with Gasteiger partial charge in [0.1, 0.15) is 0 Å². The second-order valence-electron chi connectivity index (χ2n) is 17.7. The van der Waals surface area contributed by atoms with E-state index >= 15 is 0 Å². The van der Waals surface area contributed by atoms with Crippen molar-refractivity contribution >= 4 is 40.4 Å². The van der Waals surface area contributed by atoms with E-state index < -0.39 is 5.41 Å². The number of rotatable bonds is 11. The van der Waals surface area contributed by atoms with Gasteiger partial charge in [0.15, 0.2) is 0 Å². The molecule has 316 valence electrons. The van der Waals surface area contributed by atoms with Crippen molar-refractivity contribution in [3.8, 4) is 11.1 Å². The Kier molecular flexibility index (Phi) is 10.8. The molecule has 0 spiro atoms. The fourth-order valence-electron chi connectivity index (χ4n) is 10.6. The van der Waals surface area contributed by atoms with Crippen LogP contribution in [0.15, 0.2) is 249 Å². The molecule has 8 aromatic carbocycles. The molecule has 0 fully saturated rings. The summed E-state index contributed by atoms with van der Waals surface area (Å²) in [6, 6.07) is 66.8. The quantitative estimate of drug-likeness (QED) is 0.117. The molecule has 1 atom stereocenters. The van der Waals surface area contributed by atoms with Gasteiger partial charge in [-0.1, -0.05) is 213 Å². The van der Waals surface area contributed by atoms with Crippen molar-refractivity contribution in [2.75, 3.05) is 4.90 Å². The summed E-state index contributed by atoms with van der Waals surface area (Å²) in [7, 11) is 0. The van der Waals surface area contributed by atoms with Crippen molar-refractivity contribution in [2.45, 2.75) is 30.6 Å². The minimum absolute atomic E-state index is 0.325. The maximum absolute atomic E-state index is 4.37. The number of nitrogens with zero attached hydrogens (tertiary/aromatic N) is 1. The van der Waals surface area contributed by atoms with Crippen molar-refractivity contribution < 1.29 is 0 Å². The normalized spacial score (nSPS) is 15.5. The van der Waals surface area contributed by atoms with Gasteiger partial charge in [-0.2, -0.15) is 0 Å². The molecule has 0 heterocycles. The van der Waals surface area contributed by atoms with Gasteiger partial charge in [0.05, 0.1) is 5.41 Å². The summed E-state index contributed by atoms with van der Waals surface area (Å²) < 4.78 is 0. The zero-order valence-electron chi connectivity index (χ0n) is 37.2. The lowest BCUT2D eigenvalue weighted by Crippen LogP contribution is -2.28. The number of hydrogen-bond acceptors (Lipinski definition) is 1. The van der Waals surface area contributed by atoms with Crippen LogP contribution in [0.3, 0.4) is 0 Å². The lowest BCUT2D eigenvalue weighted by molar-refractivity contribution is 0.768. The first-order chi connectivity index (χ1) is 32.5. The highest BCUT2D eigenvalue weighted by Crippen LogP contribution is 2.57. The van der Waals surface area contributed by atoms with Gasteiger partial charge in [0.25, 0.3) is 0 Å². The number of benzene rings is 8. The molecule has 0 bridgehead atoms. The van der Waals surface area contributed by atoms with Gasteiger partial charge in [-0.15, -0.1) is 0 Å². The zero-order chi connectivity index (χ0) is 44.5. The molecular formula is C65H51N. The second kappa shape index (κ2) is 17.5. The molecule has 11 rings (SSSR count). The fraction of sp³-hybridized carbons (Fsp3) is 0.0769. The molecule has 0 aliphatic heterocycles. The molecule has 0 saturated carbocycles. The van der Waals surface area contributed by atoms with E-state index in [-0.39, 0.29) is 0 Å². The Morgan fingerprint density at radius 3 is 2.00 bits per heavy atom. The third kappa shape index (κ3) is 7.43. The predicted molar refractivity (Wildman–Crippen MR) is 281 cm³/mol. The van der Waals surface area contributed by atoms with E-state index in [1.807, 2.05) is 12.2 Å². The Morgan fingerprint density at radius 1 is 0.545 bits per heavy atom. The van der Waals surface area contributed by atoms with Gasteiger partial charge in [-0.05, 0) is 144 Å². The molecule has 3 aliphatic rings. The summed E-state index contributed by atoms with van der Waals surface area (Å²) in [6.45, 7) is 8.72. The minimum Gasteiger partial charge on any atom is -0.317 e. The van der Waals surface area contributed by atoms with E-state index in [9.17, 15) is 0 Å². The van der Waals surface area contributed by atoms with Crippen molar-refractivity contribution in [2.24, 2.45) is 0 Å². The molecular weight excluding hydrogens is 795 g/mol. The fourth-order valence-corrected chi connectivity index (χ4v) is 10.6. The summed E-state index contributed by atoms with van der Waals surface area (Å²) in [5.74, 6) is 0.325. The summed E-state index contributed by atoms with van der Waals surface area (Å²) in [5, 5.41) is 2.46. The lowest BCUT2D eigenvalue weighted by atomic mass is 9.68. The van der Waals surface area contributed by atoms with Crippen molar-refractivity contribution in [3.05, 3.63) is 305 Å².